The highest BCUT2D eigenvalue weighted by Gasteiger charge is 2.16. The van der Waals surface area contributed by atoms with E-state index < -0.39 is 0 Å². The van der Waals surface area contributed by atoms with Gasteiger partial charge in [-0.05, 0) is 37.2 Å². The second-order valence-electron chi connectivity index (χ2n) is 8.15. The number of carbonyl (C=O) groups is 2. The largest absolute Gasteiger partial charge is 0.379 e. The molecule has 172 valence electrons. The fourth-order valence-corrected chi connectivity index (χ4v) is 4.01. The van der Waals surface area contributed by atoms with Crippen molar-refractivity contribution in [3.63, 3.8) is 0 Å². The topological polar surface area (TPSA) is 75.6 Å². The van der Waals surface area contributed by atoms with Crippen LogP contribution in [0.5, 0.6) is 0 Å². The Hall–Kier alpha value is -3.42. The molecule has 0 radical (unpaired) electrons. The van der Waals surface area contributed by atoms with Gasteiger partial charge in [-0.1, -0.05) is 36.4 Å². The van der Waals surface area contributed by atoms with E-state index in [0.717, 1.165) is 55.7 Å². The van der Waals surface area contributed by atoms with Crippen LogP contribution in [0.3, 0.4) is 0 Å². The number of rotatable bonds is 8. The van der Waals surface area contributed by atoms with Gasteiger partial charge in [0.15, 0.2) is 0 Å². The van der Waals surface area contributed by atoms with E-state index in [9.17, 15) is 9.59 Å². The maximum absolute atomic E-state index is 13.1. The average molecular weight is 447 g/mol. The van der Waals surface area contributed by atoms with Crippen molar-refractivity contribution in [3.8, 4) is 0 Å². The van der Waals surface area contributed by atoms with Gasteiger partial charge < -0.3 is 19.9 Å². The monoisotopic (exact) mass is 446 g/mol. The number of para-hydroxylation sites is 1. The van der Waals surface area contributed by atoms with Gasteiger partial charge in [0.05, 0.1) is 13.2 Å². The molecule has 1 aliphatic heterocycles. The Bertz CT molecular complexity index is 1130. The second kappa shape index (κ2) is 10.9. The lowest BCUT2D eigenvalue weighted by Gasteiger charge is -2.26. The van der Waals surface area contributed by atoms with Crippen molar-refractivity contribution in [2.24, 2.45) is 7.05 Å². The van der Waals surface area contributed by atoms with Crippen LogP contribution in [0.25, 0.3) is 17.0 Å². The molecular weight excluding hydrogens is 416 g/mol. The van der Waals surface area contributed by atoms with Crippen LogP contribution < -0.4 is 10.6 Å². The van der Waals surface area contributed by atoms with E-state index in [4.69, 9.17) is 4.74 Å². The van der Waals surface area contributed by atoms with Gasteiger partial charge in [0.1, 0.15) is 5.70 Å². The van der Waals surface area contributed by atoms with Crippen LogP contribution in [-0.4, -0.2) is 60.7 Å². The summed E-state index contributed by atoms with van der Waals surface area (Å²) in [5, 5.41) is 6.81. The molecule has 2 amide bonds. The van der Waals surface area contributed by atoms with Crippen molar-refractivity contribution in [1.29, 1.82) is 0 Å². The number of benzene rings is 2. The number of morpholine rings is 1. The lowest BCUT2D eigenvalue weighted by Crippen LogP contribution is -2.39. The van der Waals surface area contributed by atoms with Gasteiger partial charge in [-0.2, -0.15) is 0 Å². The lowest BCUT2D eigenvalue weighted by atomic mass is 10.1. The first-order chi connectivity index (χ1) is 16.1. The van der Waals surface area contributed by atoms with E-state index in [0.29, 0.717) is 12.1 Å². The molecule has 33 heavy (non-hydrogen) atoms. The number of carbonyl (C=O) groups excluding carboxylic acids is 2. The smallest absolute Gasteiger partial charge is 0.267 e. The lowest BCUT2D eigenvalue weighted by molar-refractivity contribution is -0.117. The molecule has 1 aliphatic rings. The first kappa shape index (κ1) is 22.8. The predicted molar refractivity (Wildman–Crippen MR) is 130 cm³/mol. The predicted octanol–water partition coefficient (Wildman–Crippen LogP) is 2.79. The van der Waals surface area contributed by atoms with Crippen molar-refractivity contribution >= 4 is 28.8 Å². The summed E-state index contributed by atoms with van der Waals surface area (Å²) in [5.41, 5.74) is 2.66. The van der Waals surface area contributed by atoms with Crippen LogP contribution in [-0.2, 0) is 16.6 Å². The zero-order valence-corrected chi connectivity index (χ0v) is 18.9. The van der Waals surface area contributed by atoms with E-state index in [1.54, 1.807) is 30.3 Å². The first-order valence-electron chi connectivity index (χ1n) is 11.3. The third-order valence-corrected chi connectivity index (χ3v) is 5.80. The molecule has 0 spiro atoms. The highest BCUT2D eigenvalue weighted by molar-refractivity contribution is 6.06. The number of aryl methyl sites for hydroxylation is 1. The van der Waals surface area contributed by atoms with E-state index >= 15 is 0 Å². The molecule has 2 aromatic carbocycles. The maximum Gasteiger partial charge on any atom is 0.267 e. The van der Waals surface area contributed by atoms with E-state index in [-0.39, 0.29) is 17.5 Å². The zero-order valence-electron chi connectivity index (χ0n) is 18.9. The van der Waals surface area contributed by atoms with Gasteiger partial charge in [0.25, 0.3) is 11.8 Å². The molecule has 4 rings (SSSR count). The van der Waals surface area contributed by atoms with Gasteiger partial charge in [0.2, 0.25) is 0 Å². The summed E-state index contributed by atoms with van der Waals surface area (Å²) in [4.78, 5) is 28.2. The molecule has 7 heteroatoms. The minimum atomic E-state index is -0.314. The molecule has 0 aliphatic carbocycles. The van der Waals surface area contributed by atoms with Crippen LogP contribution in [0.2, 0.25) is 0 Å². The minimum absolute atomic E-state index is 0.228. The number of fused-ring (bicyclic) bond motifs is 1. The maximum atomic E-state index is 13.1. The molecule has 3 aromatic rings. The quantitative estimate of drug-likeness (QED) is 0.412. The molecule has 7 nitrogen and oxygen atoms in total. The molecule has 1 fully saturated rings. The highest BCUT2D eigenvalue weighted by atomic mass is 16.5. The molecule has 0 unspecified atom stereocenters. The number of aromatic nitrogens is 1. The summed E-state index contributed by atoms with van der Waals surface area (Å²) in [5.74, 6) is -0.611. The van der Waals surface area contributed by atoms with Gasteiger partial charge in [0, 0.05) is 54.9 Å². The summed E-state index contributed by atoms with van der Waals surface area (Å²) < 4.78 is 7.39. The number of hydrogen-bond acceptors (Lipinski definition) is 4. The minimum Gasteiger partial charge on any atom is -0.379 e. The van der Waals surface area contributed by atoms with Crippen LogP contribution >= 0.6 is 0 Å². The standard InChI is InChI=1S/C26H30N4O3/c1-29-19-21(22-10-5-6-11-24(22)29)18-23(28-25(31)20-8-3-2-4-9-20)26(32)27-12-7-13-30-14-16-33-17-15-30/h2-6,8-11,18-19H,7,12-17H2,1H3,(H,27,32)(H,28,31)/b23-18+. The Kier molecular flexibility index (Phi) is 7.55. The van der Waals surface area contributed by atoms with Gasteiger partial charge in [-0.15, -0.1) is 0 Å². The fourth-order valence-electron chi connectivity index (χ4n) is 4.01. The number of ether oxygens (including phenoxy) is 1. The van der Waals surface area contributed by atoms with E-state index in [1.165, 1.54) is 0 Å². The molecule has 0 atom stereocenters. The highest BCUT2D eigenvalue weighted by Crippen LogP contribution is 2.22. The Morgan fingerprint density at radius 1 is 1.03 bits per heavy atom. The van der Waals surface area contributed by atoms with Crippen molar-refractivity contribution < 1.29 is 14.3 Å². The molecule has 2 N–H and O–H groups in total. The average Bonchev–Trinajstić information content (AvgIpc) is 3.17. The van der Waals surface area contributed by atoms with Crippen molar-refractivity contribution in [1.82, 2.24) is 20.1 Å². The van der Waals surface area contributed by atoms with Crippen LogP contribution in [0.15, 0.2) is 66.5 Å². The molecule has 1 aromatic heterocycles. The summed E-state index contributed by atoms with van der Waals surface area (Å²) >= 11 is 0. The SMILES string of the molecule is Cn1cc(/C=C(/NC(=O)c2ccccc2)C(=O)NCCCN2CCOCC2)c2ccccc21. The normalized spacial score (nSPS) is 14.9. The van der Waals surface area contributed by atoms with Gasteiger partial charge in [-0.3, -0.25) is 14.5 Å². The fraction of sp³-hybridized carbons (Fsp3) is 0.308. The Morgan fingerprint density at radius 2 is 1.76 bits per heavy atom. The molecule has 1 saturated heterocycles. The zero-order chi connectivity index (χ0) is 23.0. The first-order valence-corrected chi connectivity index (χ1v) is 11.3. The summed E-state index contributed by atoms with van der Waals surface area (Å²) in [6.45, 7) is 4.80. The number of amides is 2. The second-order valence-corrected chi connectivity index (χ2v) is 8.15. The van der Waals surface area contributed by atoms with Crippen molar-refractivity contribution in [2.45, 2.75) is 6.42 Å². The molecule has 2 heterocycles. The van der Waals surface area contributed by atoms with Crippen LogP contribution in [0.4, 0.5) is 0 Å². The number of hydrogen-bond donors (Lipinski definition) is 2. The van der Waals surface area contributed by atoms with Gasteiger partial charge in [-0.25, -0.2) is 0 Å². The van der Waals surface area contributed by atoms with Gasteiger partial charge >= 0.3 is 0 Å². The number of nitrogens with zero attached hydrogens (tertiary/aromatic N) is 2. The Balaban J connectivity index is 1.49. The summed E-state index contributed by atoms with van der Waals surface area (Å²) in [7, 11) is 1.97. The van der Waals surface area contributed by atoms with Crippen molar-refractivity contribution in [3.05, 3.63) is 77.6 Å². The van der Waals surface area contributed by atoms with Crippen LogP contribution in [0.1, 0.15) is 22.3 Å². The summed E-state index contributed by atoms with van der Waals surface area (Å²) in [6.07, 6.45) is 4.55. The molecule has 0 saturated carbocycles. The third kappa shape index (κ3) is 5.88. The van der Waals surface area contributed by atoms with Crippen LogP contribution in [0, 0.1) is 0 Å². The molecular formula is C26H30N4O3. The third-order valence-electron chi connectivity index (χ3n) is 5.80. The Morgan fingerprint density at radius 3 is 2.55 bits per heavy atom. The van der Waals surface area contributed by atoms with E-state index in [1.807, 2.05) is 48.1 Å². The Labute approximate surface area is 194 Å². The number of nitrogens with one attached hydrogen (secondary N) is 2. The van der Waals surface area contributed by atoms with E-state index in [2.05, 4.69) is 15.5 Å². The van der Waals surface area contributed by atoms with Crippen molar-refractivity contribution in [2.75, 3.05) is 39.4 Å². The summed E-state index contributed by atoms with van der Waals surface area (Å²) in [6, 6.07) is 16.9. The molecule has 0 bridgehead atoms.